The number of para-hydroxylation sites is 2. The molecule has 1 unspecified atom stereocenters. The van der Waals surface area contributed by atoms with Crippen LogP contribution in [0.3, 0.4) is 0 Å². The monoisotopic (exact) mass is 430 g/mol. The molecule has 0 heterocycles. The van der Waals surface area contributed by atoms with Crippen LogP contribution in [-0.2, 0) is 0 Å². The van der Waals surface area contributed by atoms with Gasteiger partial charge in [0.1, 0.15) is 17.6 Å². The van der Waals surface area contributed by atoms with Gasteiger partial charge < -0.3 is 9.84 Å². The average molecular weight is 430 g/mol. The first-order chi connectivity index (χ1) is 11.7. The Kier molecular flexibility index (Phi) is 5.27. The van der Waals surface area contributed by atoms with E-state index in [0.717, 1.165) is 15.4 Å². The van der Waals surface area contributed by atoms with Crippen LogP contribution in [0.2, 0.25) is 0 Å². The lowest BCUT2D eigenvalue weighted by Gasteiger charge is -2.18. The van der Waals surface area contributed by atoms with Gasteiger partial charge in [-0.15, -0.1) is 0 Å². The van der Waals surface area contributed by atoms with Crippen LogP contribution < -0.4 is 4.74 Å². The molecule has 0 bridgehead atoms. The van der Waals surface area contributed by atoms with Crippen LogP contribution in [-0.4, -0.2) is 11.4 Å². The fraction of sp³-hybridized carbons (Fsp3) is 0.0500. The Bertz CT molecular complexity index is 847. The van der Waals surface area contributed by atoms with Gasteiger partial charge in [-0.3, -0.25) is 4.79 Å². The molecule has 1 N–H and O–H groups in total. The van der Waals surface area contributed by atoms with E-state index >= 15 is 0 Å². The van der Waals surface area contributed by atoms with E-state index in [1.807, 2.05) is 54.6 Å². The summed E-state index contributed by atoms with van der Waals surface area (Å²) in [6.45, 7) is 0. The Hall–Kier alpha value is -2.18. The number of rotatable bonds is 5. The molecule has 0 fully saturated rings. The van der Waals surface area contributed by atoms with Crippen LogP contribution in [0.15, 0.2) is 72.8 Å². The van der Waals surface area contributed by atoms with Gasteiger partial charge in [0, 0.05) is 5.56 Å². The minimum Gasteiger partial charge on any atom is -0.455 e. The molecule has 24 heavy (non-hydrogen) atoms. The summed E-state index contributed by atoms with van der Waals surface area (Å²) < 4.78 is 6.93. The summed E-state index contributed by atoms with van der Waals surface area (Å²) >= 11 is 2.18. The van der Waals surface area contributed by atoms with Gasteiger partial charge in [-0.25, -0.2) is 0 Å². The van der Waals surface area contributed by atoms with E-state index in [0.29, 0.717) is 22.6 Å². The summed E-state index contributed by atoms with van der Waals surface area (Å²) in [6.07, 6.45) is -0.130. The van der Waals surface area contributed by atoms with Crippen molar-refractivity contribution in [2.24, 2.45) is 0 Å². The molecule has 3 nitrogen and oxygen atoms in total. The van der Waals surface area contributed by atoms with Crippen LogP contribution in [0.25, 0.3) is 0 Å². The Labute approximate surface area is 154 Å². The van der Waals surface area contributed by atoms with Crippen LogP contribution >= 0.6 is 22.6 Å². The Morgan fingerprint density at radius 2 is 1.62 bits per heavy atom. The number of aliphatic hydroxyl groups excluding tert-OH is 1. The predicted molar refractivity (Wildman–Crippen MR) is 102 cm³/mol. The zero-order valence-electron chi connectivity index (χ0n) is 12.7. The number of carbonyl (C=O) groups is 1. The molecular weight excluding hydrogens is 415 g/mol. The van der Waals surface area contributed by atoms with Gasteiger partial charge in [-0.05, 0) is 46.4 Å². The lowest BCUT2D eigenvalue weighted by Crippen LogP contribution is -2.04. The van der Waals surface area contributed by atoms with Gasteiger partial charge in [0.2, 0.25) is 0 Å². The summed E-state index contributed by atoms with van der Waals surface area (Å²) in [6, 6.07) is 22.0. The number of hydrogen-bond donors (Lipinski definition) is 1. The smallest absolute Gasteiger partial charge is 0.153 e. The van der Waals surface area contributed by atoms with E-state index in [1.165, 1.54) is 0 Å². The quantitative estimate of drug-likeness (QED) is 0.459. The van der Waals surface area contributed by atoms with Gasteiger partial charge >= 0.3 is 0 Å². The van der Waals surface area contributed by atoms with Gasteiger partial charge in [-0.1, -0.05) is 54.6 Å². The first kappa shape index (κ1) is 16.7. The normalized spacial score (nSPS) is 11.8. The molecule has 3 aromatic carbocycles. The van der Waals surface area contributed by atoms with E-state index < -0.39 is 6.10 Å². The van der Waals surface area contributed by atoms with Crippen LogP contribution in [0.1, 0.15) is 27.6 Å². The van der Waals surface area contributed by atoms with Crippen molar-refractivity contribution in [1.82, 2.24) is 0 Å². The largest absolute Gasteiger partial charge is 0.455 e. The third kappa shape index (κ3) is 3.49. The number of ether oxygens (including phenoxy) is 1. The third-order valence-corrected chi connectivity index (χ3v) is 4.55. The van der Waals surface area contributed by atoms with Crippen molar-refractivity contribution in [3.8, 4) is 11.5 Å². The predicted octanol–water partition coefficient (Wildman–Crippen LogP) is 4.98. The van der Waals surface area contributed by atoms with Crippen molar-refractivity contribution in [2.75, 3.05) is 0 Å². The Balaban J connectivity index is 2.07. The summed E-state index contributed by atoms with van der Waals surface area (Å²) in [5, 5.41) is 10.7. The summed E-state index contributed by atoms with van der Waals surface area (Å²) in [4.78, 5) is 11.5. The van der Waals surface area contributed by atoms with E-state index in [4.69, 9.17) is 4.74 Å². The highest BCUT2D eigenvalue weighted by atomic mass is 127. The van der Waals surface area contributed by atoms with Crippen molar-refractivity contribution >= 4 is 28.9 Å². The first-order valence-corrected chi connectivity index (χ1v) is 8.52. The first-order valence-electron chi connectivity index (χ1n) is 7.44. The number of hydrogen-bond acceptors (Lipinski definition) is 3. The molecule has 0 saturated heterocycles. The highest BCUT2D eigenvalue weighted by molar-refractivity contribution is 14.1. The lowest BCUT2D eigenvalue weighted by atomic mass is 9.98. The minimum atomic E-state index is -0.873. The molecule has 1 atom stereocenters. The molecular formula is C20H15IO3. The molecule has 0 amide bonds. The van der Waals surface area contributed by atoms with Crippen LogP contribution in [0.4, 0.5) is 0 Å². The maximum atomic E-state index is 11.5. The Morgan fingerprint density at radius 1 is 0.917 bits per heavy atom. The molecule has 0 aliphatic rings. The standard InChI is InChI=1S/C20H15IO3/c21-17-11-4-5-12-18(17)24-20-15(13-22)9-6-10-16(20)19(23)14-7-2-1-3-8-14/h1-13,19,23H. The van der Waals surface area contributed by atoms with E-state index in [2.05, 4.69) is 22.6 Å². The SMILES string of the molecule is O=Cc1cccc(C(O)c2ccccc2)c1Oc1ccccc1I. The second-order valence-corrected chi connectivity index (χ2v) is 6.39. The van der Waals surface area contributed by atoms with Gasteiger partial charge in [0.05, 0.1) is 9.13 Å². The second-order valence-electron chi connectivity index (χ2n) is 5.23. The van der Waals surface area contributed by atoms with E-state index in [1.54, 1.807) is 18.2 Å². The van der Waals surface area contributed by atoms with Crippen molar-refractivity contribution in [1.29, 1.82) is 0 Å². The molecule has 120 valence electrons. The van der Waals surface area contributed by atoms with Gasteiger partial charge in [0.25, 0.3) is 0 Å². The highest BCUT2D eigenvalue weighted by Gasteiger charge is 2.19. The number of halogens is 1. The van der Waals surface area contributed by atoms with Crippen LogP contribution in [0.5, 0.6) is 11.5 Å². The maximum Gasteiger partial charge on any atom is 0.153 e. The molecule has 0 aromatic heterocycles. The fourth-order valence-corrected chi connectivity index (χ4v) is 2.95. The third-order valence-electron chi connectivity index (χ3n) is 3.66. The number of carbonyl (C=O) groups excluding carboxylic acids is 1. The summed E-state index contributed by atoms with van der Waals surface area (Å²) in [7, 11) is 0. The zero-order valence-corrected chi connectivity index (χ0v) is 14.9. The summed E-state index contributed by atoms with van der Waals surface area (Å²) in [5.41, 5.74) is 1.71. The topological polar surface area (TPSA) is 46.5 Å². The number of aliphatic hydroxyl groups is 1. The minimum absolute atomic E-state index is 0.382. The van der Waals surface area contributed by atoms with Crippen molar-refractivity contribution in [3.05, 3.63) is 93.1 Å². The molecule has 0 saturated carbocycles. The highest BCUT2D eigenvalue weighted by Crippen LogP contribution is 2.36. The molecule has 0 aliphatic carbocycles. The van der Waals surface area contributed by atoms with Crippen molar-refractivity contribution < 1.29 is 14.6 Å². The Morgan fingerprint density at radius 3 is 2.33 bits per heavy atom. The van der Waals surface area contributed by atoms with Gasteiger partial charge in [0.15, 0.2) is 6.29 Å². The average Bonchev–Trinajstić information content (AvgIpc) is 2.64. The van der Waals surface area contributed by atoms with Crippen LogP contribution in [0, 0.1) is 3.57 Å². The molecule has 4 heteroatoms. The van der Waals surface area contributed by atoms with Crippen molar-refractivity contribution in [2.45, 2.75) is 6.10 Å². The molecule has 0 radical (unpaired) electrons. The second kappa shape index (κ2) is 7.59. The molecule has 3 rings (SSSR count). The molecule has 3 aromatic rings. The van der Waals surface area contributed by atoms with Crippen molar-refractivity contribution in [3.63, 3.8) is 0 Å². The summed E-state index contributed by atoms with van der Waals surface area (Å²) in [5.74, 6) is 1.03. The fourth-order valence-electron chi connectivity index (χ4n) is 2.45. The molecule has 0 aliphatic heterocycles. The number of aldehydes is 1. The lowest BCUT2D eigenvalue weighted by molar-refractivity contribution is 0.112. The number of benzene rings is 3. The molecule has 0 spiro atoms. The maximum absolute atomic E-state index is 11.5. The van der Waals surface area contributed by atoms with E-state index in [-0.39, 0.29) is 0 Å². The van der Waals surface area contributed by atoms with Gasteiger partial charge in [-0.2, -0.15) is 0 Å². The zero-order chi connectivity index (χ0) is 16.9. The van der Waals surface area contributed by atoms with E-state index in [9.17, 15) is 9.90 Å².